The summed E-state index contributed by atoms with van der Waals surface area (Å²) in [6, 6.07) is 11.1. The van der Waals surface area contributed by atoms with Gasteiger partial charge in [-0.1, -0.05) is 62.8 Å². The zero-order valence-electron chi connectivity index (χ0n) is 16.4. The van der Waals surface area contributed by atoms with Crippen molar-refractivity contribution < 1.29 is 19.1 Å². The highest BCUT2D eigenvalue weighted by Gasteiger charge is 2.36. The van der Waals surface area contributed by atoms with E-state index in [0.29, 0.717) is 23.4 Å². The number of hydrogen-bond acceptors (Lipinski definition) is 4. The fourth-order valence-corrected chi connectivity index (χ4v) is 3.55. The van der Waals surface area contributed by atoms with Crippen molar-refractivity contribution in [2.24, 2.45) is 0 Å². The van der Waals surface area contributed by atoms with Crippen LogP contribution >= 0.6 is 11.6 Å². The Morgan fingerprint density at radius 1 is 0.931 bits per heavy atom. The van der Waals surface area contributed by atoms with Crippen LogP contribution in [0, 0.1) is 0 Å². The van der Waals surface area contributed by atoms with Crippen LogP contribution in [-0.4, -0.2) is 24.4 Å². The lowest BCUT2D eigenvalue weighted by atomic mass is 10.1. The number of nitrogens with zero attached hydrogens (tertiary/aromatic N) is 1. The molecule has 29 heavy (non-hydrogen) atoms. The summed E-state index contributed by atoms with van der Waals surface area (Å²) in [6.07, 6.45) is 6.54. The van der Waals surface area contributed by atoms with Gasteiger partial charge in [0.15, 0.2) is 0 Å². The SMILES string of the molecule is CCCCCCCCOC(=O)c1cc(N2C(=O)c3ccccc3C2=O)ccc1Cl. The first-order valence-electron chi connectivity index (χ1n) is 9.99. The number of esters is 1. The molecule has 0 aliphatic carbocycles. The lowest BCUT2D eigenvalue weighted by molar-refractivity contribution is 0.0497. The van der Waals surface area contributed by atoms with Crippen molar-refractivity contribution in [2.45, 2.75) is 45.4 Å². The summed E-state index contributed by atoms with van der Waals surface area (Å²) in [5, 5.41) is 0.221. The summed E-state index contributed by atoms with van der Waals surface area (Å²) in [4.78, 5) is 38.8. The van der Waals surface area contributed by atoms with Gasteiger partial charge in [-0.2, -0.15) is 0 Å². The smallest absolute Gasteiger partial charge is 0.339 e. The molecule has 0 atom stereocenters. The number of imide groups is 1. The first-order valence-corrected chi connectivity index (χ1v) is 10.4. The molecule has 2 aromatic carbocycles. The third-order valence-electron chi connectivity index (χ3n) is 4.95. The molecular weight excluding hydrogens is 390 g/mol. The van der Waals surface area contributed by atoms with E-state index in [0.717, 1.165) is 24.2 Å². The van der Waals surface area contributed by atoms with Gasteiger partial charge in [-0.05, 0) is 36.8 Å². The Balaban J connectivity index is 1.67. The van der Waals surface area contributed by atoms with Gasteiger partial charge in [0, 0.05) is 0 Å². The van der Waals surface area contributed by atoms with Gasteiger partial charge in [-0.25, -0.2) is 9.69 Å². The van der Waals surface area contributed by atoms with Gasteiger partial charge < -0.3 is 4.74 Å². The number of carbonyl (C=O) groups is 3. The number of ether oxygens (including phenoxy) is 1. The van der Waals surface area contributed by atoms with Crippen molar-refractivity contribution in [1.82, 2.24) is 0 Å². The Hall–Kier alpha value is -2.66. The Kier molecular flexibility index (Phi) is 7.04. The first kappa shape index (κ1) is 21.1. The molecule has 1 aliphatic heterocycles. The zero-order valence-corrected chi connectivity index (χ0v) is 17.2. The minimum absolute atomic E-state index is 0.145. The number of halogens is 1. The number of benzene rings is 2. The lowest BCUT2D eigenvalue weighted by Gasteiger charge is -2.15. The summed E-state index contributed by atoms with van der Waals surface area (Å²) >= 11 is 6.17. The van der Waals surface area contributed by atoms with Gasteiger partial charge in [0.05, 0.1) is 34.0 Å². The topological polar surface area (TPSA) is 63.7 Å². The van der Waals surface area contributed by atoms with Crippen molar-refractivity contribution in [3.63, 3.8) is 0 Å². The molecule has 5 nitrogen and oxygen atoms in total. The van der Waals surface area contributed by atoms with Gasteiger partial charge in [-0.15, -0.1) is 0 Å². The Morgan fingerprint density at radius 2 is 1.55 bits per heavy atom. The van der Waals surface area contributed by atoms with E-state index in [1.54, 1.807) is 30.3 Å². The highest BCUT2D eigenvalue weighted by molar-refractivity contribution is 6.36. The van der Waals surface area contributed by atoms with Crippen molar-refractivity contribution in [2.75, 3.05) is 11.5 Å². The van der Waals surface area contributed by atoms with E-state index in [2.05, 4.69) is 6.92 Å². The summed E-state index contributed by atoms with van der Waals surface area (Å²) in [5.74, 6) is -1.39. The molecule has 0 saturated carbocycles. The summed E-state index contributed by atoms with van der Waals surface area (Å²) in [6.45, 7) is 2.49. The normalized spacial score (nSPS) is 13.0. The largest absolute Gasteiger partial charge is 0.462 e. The third-order valence-corrected chi connectivity index (χ3v) is 5.28. The Bertz CT molecular complexity index is 890. The predicted molar refractivity (Wildman–Crippen MR) is 113 cm³/mol. The minimum atomic E-state index is -0.554. The van der Waals surface area contributed by atoms with Crippen LogP contribution in [0.2, 0.25) is 5.02 Å². The summed E-state index contributed by atoms with van der Waals surface area (Å²) in [7, 11) is 0. The van der Waals surface area contributed by atoms with E-state index >= 15 is 0 Å². The van der Waals surface area contributed by atoms with Crippen LogP contribution in [0.15, 0.2) is 42.5 Å². The van der Waals surface area contributed by atoms with Crippen LogP contribution in [0.1, 0.15) is 76.5 Å². The average molecular weight is 414 g/mol. The highest BCUT2D eigenvalue weighted by atomic mass is 35.5. The fourth-order valence-electron chi connectivity index (χ4n) is 3.36. The number of hydrogen-bond donors (Lipinski definition) is 0. The molecule has 0 saturated heterocycles. The molecule has 0 N–H and O–H groups in total. The van der Waals surface area contributed by atoms with E-state index in [4.69, 9.17) is 16.3 Å². The second kappa shape index (κ2) is 9.70. The molecule has 1 heterocycles. The van der Waals surface area contributed by atoms with Crippen LogP contribution in [0.4, 0.5) is 5.69 Å². The van der Waals surface area contributed by atoms with Gasteiger partial charge >= 0.3 is 5.97 Å². The Morgan fingerprint density at radius 3 is 2.21 bits per heavy atom. The Labute approximate surface area is 175 Å². The standard InChI is InChI=1S/C23H24ClNO4/c1-2-3-4-5-6-9-14-29-23(28)19-15-16(12-13-20(19)24)25-21(26)17-10-7-8-11-18(17)22(25)27/h7-8,10-13,15H,2-6,9,14H2,1H3. The first-order chi connectivity index (χ1) is 14.0. The monoisotopic (exact) mass is 413 g/mol. The highest BCUT2D eigenvalue weighted by Crippen LogP contribution is 2.31. The van der Waals surface area contributed by atoms with E-state index in [-0.39, 0.29) is 10.6 Å². The minimum Gasteiger partial charge on any atom is -0.462 e. The van der Waals surface area contributed by atoms with Crippen LogP contribution < -0.4 is 4.90 Å². The maximum atomic E-state index is 12.6. The second-order valence-electron chi connectivity index (χ2n) is 7.06. The molecule has 0 bridgehead atoms. The quantitative estimate of drug-likeness (QED) is 0.302. The van der Waals surface area contributed by atoms with Crippen molar-refractivity contribution in [3.05, 3.63) is 64.2 Å². The molecule has 3 rings (SSSR count). The fraction of sp³-hybridized carbons (Fsp3) is 0.348. The number of anilines is 1. The molecule has 0 radical (unpaired) electrons. The van der Waals surface area contributed by atoms with Crippen LogP contribution in [-0.2, 0) is 4.74 Å². The molecule has 6 heteroatoms. The zero-order chi connectivity index (χ0) is 20.8. The van der Waals surface area contributed by atoms with Crippen molar-refractivity contribution >= 4 is 35.1 Å². The molecule has 0 unspecified atom stereocenters. The number of carbonyl (C=O) groups excluding carboxylic acids is 3. The van der Waals surface area contributed by atoms with Crippen molar-refractivity contribution in [3.8, 4) is 0 Å². The number of fused-ring (bicyclic) bond motifs is 1. The van der Waals surface area contributed by atoms with E-state index in [9.17, 15) is 14.4 Å². The number of unbranched alkanes of at least 4 members (excludes halogenated alkanes) is 5. The molecular formula is C23H24ClNO4. The molecule has 2 aromatic rings. The maximum Gasteiger partial charge on any atom is 0.339 e. The van der Waals surface area contributed by atoms with E-state index < -0.39 is 17.8 Å². The van der Waals surface area contributed by atoms with Gasteiger partial charge in [0.25, 0.3) is 11.8 Å². The molecule has 0 fully saturated rings. The van der Waals surface area contributed by atoms with Crippen LogP contribution in [0.25, 0.3) is 0 Å². The summed E-state index contributed by atoms with van der Waals surface area (Å²) < 4.78 is 5.34. The van der Waals surface area contributed by atoms with Gasteiger partial charge in [-0.3, -0.25) is 9.59 Å². The molecule has 152 valence electrons. The maximum absolute atomic E-state index is 12.6. The van der Waals surface area contributed by atoms with Gasteiger partial charge in [0.1, 0.15) is 0 Å². The van der Waals surface area contributed by atoms with Crippen molar-refractivity contribution in [1.29, 1.82) is 0 Å². The molecule has 2 amide bonds. The molecule has 1 aliphatic rings. The predicted octanol–water partition coefficient (Wildman–Crippen LogP) is 5.66. The van der Waals surface area contributed by atoms with E-state index in [1.807, 2.05) is 0 Å². The molecule has 0 spiro atoms. The summed E-state index contributed by atoms with van der Waals surface area (Å²) in [5.41, 5.74) is 1.14. The van der Waals surface area contributed by atoms with Crippen LogP contribution in [0.3, 0.4) is 0 Å². The average Bonchev–Trinajstić information content (AvgIpc) is 2.98. The second-order valence-corrected chi connectivity index (χ2v) is 7.47. The lowest BCUT2D eigenvalue weighted by Crippen LogP contribution is -2.29. The third kappa shape index (κ3) is 4.67. The van der Waals surface area contributed by atoms with E-state index in [1.165, 1.54) is 31.4 Å². The number of amides is 2. The molecule has 0 aromatic heterocycles. The number of rotatable bonds is 9. The van der Waals surface area contributed by atoms with Gasteiger partial charge in [0.2, 0.25) is 0 Å². The van der Waals surface area contributed by atoms with Crippen LogP contribution in [0.5, 0.6) is 0 Å².